The summed E-state index contributed by atoms with van der Waals surface area (Å²) in [5.74, 6) is 1.36. The minimum atomic E-state index is 0. The molecule has 0 atom stereocenters. The van der Waals surface area contributed by atoms with Crippen LogP contribution >= 0.6 is 12.4 Å². The van der Waals surface area contributed by atoms with E-state index >= 15 is 0 Å². The van der Waals surface area contributed by atoms with Crippen LogP contribution in [0.2, 0.25) is 0 Å². The smallest absolute Gasteiger partial charge is 0.131 e. The number of rotatable bonds is 4. The van der Waals surface area contributed by atoms with Gasteiger partial charge in [-0.15, -0.1) is 12.4 Å². The molecule has 2 aromatic rings. The summed E-state index contributed by atoms with van der Waals surface area (Å²) in [5.41, 5.74) is 11.2. The molecule has 0 saturated heterocycles. The van der Waals surface area contributed by atoms with Crippen LogP contribution in [0.15, 0.2) is 30.5 Å². The fourth-order valence-electron chi connectivity index (χ4n) is 1.59. The molecule has 0 aliphatic rings. The van der Waals surface area contributed by atoms with E-state index in [0.717, 1.165) is 22.9 Å². The van der Waals surface area contributed by atoms with Crippen LogP contribution in [0.25, 0.3) is 10.8 Å². The van der Waals surface area contributed by atoms with Gasteiger partial charge in [0.1, 0.15) is 11.6 Å². The summed E-state index contributed by atoms with van der Waals surface area (Å²) in [7, 11) is 0. The number of anilines is 1. The summed E-state index contributed by atoms with van der Waals surface area (Å²) >= 11 is 0. The van der Waals surface area contributed by atoms with Crippen LogP contribution in [-0.4, -0.2) is 18.1 Å². The number of halogens is 1. The quantitative estimate of drug-likeness (QED) is 0.817. The molecule has 0 fully saturated rings. The van der Waals surface area contributed by atoms with Gasteiger partial charge >= 0.3 is 0 Å². The molecule has 0 bridgehead atoms. The SMILES string of the molecule is Cl.NCCCOc1cccc2c(N)nccc12. The number of pyridine rings is 1. The molecule has 5 heteroatoms. The fraction of sp³-hybridized carbons (Fsp3) is 0.250. The number of benzene rings is 1. The van der Waals surface area contributed by atoms with Gasteiger partial charge in [0.25, 0.3) is 0 Å². The number of nitrogens with zero attached hydrogens (tertiary/aromatic N) is 1. The highest BCUT2D eigenvalue weighted by Crippen LogP contribution is 2.27. The van der Waals surface area contributed by atoms with Crippen molar-refractivity contribution < 1.29 is 4.74 Å². The lowest BCUT2D eigenvalue weighted by molar-refractivity contribution is 0.317. The normalized spacial score (nSPS) is 9.94. The number of hydrogen-bond donors (Lipinski definition) is 2. The van der Waals surface area contributed by atoms with Crippen molar-refractivity contribution >= 4 is 29.0 Å². The third-order valence-electron chi connectivity index (χ3n) is 2.40. The minimum absolute atomic E-state index is 0. The molecule has 1 heterocycles. The van der Waals surface area contributed by atoms with Crippen molar-refractivity contribution in [3.05, 3.63) is 30.5 Å². The predicted molar refractivity (Wildman–Crippen MR) is 72.6 cm³/mol. The number of nitrogens with two attached hydrogens (primary N) is 2. The molecule has 4 nitrogen and oxygen atoms in total. The highest BCUT2D eigenvalue weighted by Gasteiger charge is 2.04. The molecule has 0 aliphatic carbocycles. The van der Waals surface area contributed by atoms with Gasteiger partial charge in [-0.1, -0.05) is 12.1 Å². The van der Waals surface area contributed by atoms with Gasteiger partial charge in [-0.2, -0.15) is 0 Å². The average Bonchev–Trinajstić information content (AvgIpc) is 2.31. The van der Waals surface area contributed by atoms with Crippen molar-refractivity contribution in [3.8, 4) is 5.75 Å². The summed E-state index contributed by atoms with van der Waals surface area (Å²) < 4.78 is 5.65. The van der Waals surface area contributed by atoms with E-state index in [-0.39, 0.29) is 12.4 Å². The van der Waals surface area contributed by atoms with Crippen LogP contribution in [-0.2, 0) is 0 Å². The number of hydrogen-bond acceptors (Lipinski definition) is 4. The Bertz CT molecular complexity index is 490. The van der Waals surface area contributed by atoms with Crippen molar-refractivity contribution in [1.82, 2.24) is 4.98 Å². The van der Waals surface area contributed by atoms with Gasteiger partial charge in [-0.25, -0.2) is 4.98 Å². The molecule has 1 aromatic heterocycles. The predicted octanol–water partition coefficient (Wildman–Crippen LogP) is 1.97. The van der Waals surface area contributed by atoms with E-state index in [1.165, 1.54) is 0 Å². The number of aromatic nitrogens is 1. The molecule has 0 amide bonds. The van der Waals surface area contributed by atoms with E-state index in [9.17, 15) is 0 Å². The van der Waals surface area contributed by atoms with E-state index < -0.39 is 0 Å². The van der Waals surface area contributed by atoms with Crippen LogP contribution in [0.4, 0.5) is 5.82 Å². The standard InChI is InChI=1S/C12H15N3O.ClH/c13-6-2-8-16-11-4-1-3-10-9(11)5-7-15-12(10)14;/h1,3-5,7H,2,6,8,13H2,(H2,14,15);1H. The topological polar surface area (TPSA) is 74.2 Å². The molecular weight excluding hydrogens is 238 g/mol. The molecule has 2 rings (SSSR count). The molecular formula is C12H16ClN3O. The first-order chi connectivity index (χ1) is 7.83. The van der Waals surface area contributed by atoms with Gasteiger partial charge in [-0.3, -0.25) is 0 Å². The summed E-state index contributed by atoms with van der Waals surface area (Å²) in [5, 5.41) is 1.92. The Morgan fingerprint density at radius 3 is 2.76 bits per heavy atom. The van der Waals surface area contributed by atoms with Gasteiger partial charge in [0.2, 0.25) is 0 Å². The van der Waals surface area contributed by atoms with Gasteiger partial charge in [0.05, 0.1) is 6.61 Å². The molecule has 1 aromatic carbocycles. The highest BCUT2D eigenvalue weighted by molar-refractivity contribution is 5.94. The molecule has 0 unspecified atom stereocenters. The number of nitrogen functional groups attached to an aromatic ring is 1. The Kier molecular flexibility index (Phi) is 5.00. The van der Waals surface area contributed by atoms with Crippen molar-refractivity contribution in [2.45, 2.75) is 6.42 Å². The zero-order chi connectivity index (χ0) is 11.4. The monoisotopic (exact) mass is 253 g/mol. The van der Waals surface area contributed by atoms with Crippen LogP contribution in [0.3, 0.4) is 0 Å². The Balaban J connectivity index is 0.00000144. The Hall–Kier alpha value is -1.52. The third kappa shape index (κ3) is 2.99. The first-order valence-electron chi connectivity index (χ1n) is 5.29. The second kappa shape index (κ2) is 6.27. The maximum Gasteiger partial charge on any atom is 0.131 e. The molecule has 0 aliphatic heterocycles. The molecule has 4 N–H and O–H groups in total. The zero-order valence-corrected chi connectivity index (χ0v) is 10.2. The van der Waals surface area contributed by atoms with Crippen molar-refractivity contribution in [3.63, 3.8) is 0 Å². The average molecular weight is 254 g/mol. The Morgan fingerprint density at radius 1 is 1.18 bits per heavy atom. The van der Waals surface area contributed by atoms with Gasteiger partial charge in [0, 0.05) is 17.0 Å². The number of fused-ring (bicyclic) bond motifs is 1. The lowest BCUT2D eigenvalue weighted by Gasteiger charge is -2.09. The summed E-state index contributed by atoms with van der Waals surface area (Å²) in [6, 6.07) is 7.69. The molecule has 0 spiro atoms. The van der Waals surface area contributed by atoms with Crippen molar-refractivity contribution in [1.29, 1.82) is 0 Å². The Labute approximate surface area is 106 Å². The van der Waals surface area contributed by atoms with E-state index in [4.69, 9.17) is 16.2 Å². The lowest BCUT2D eigenvalue weighted by Crippen LogP contribution is -2.06. The van der Waals surface area contributed by atoms with Gasteiger partial charge < -0.3 is 16.2 Å². The molecule has 0 saturated carbocycles. The summed E-state index contributed by atoms with van der Waals surface area (Å²) in [6.45, 7) is 1.26. The molecule has 0 radical (unpaired) electrons. The number of ether oxygens (including phenoxy) is 1. The highest BCUT2D eigenvalue weighted by atomic mass is 35.5. The van der Waals surface area contributed by atoms with Crippen LogP contribution < -0.4 is 16.2 Å². The fourth-order valence-corrected chi connectivity index (χ4v) is 1.59. The zero-order valence-electron chi connectivity index (χ0n) is 9.43. The van der Waals surface area contributed by atoms with Crippen LogP contribution in [0, 0.1) is 0 Å². The molecule has 17 heavy (non-hydrogen) atoms. The maximum atomic E-state index is 5.79. The summed E-state index contributed by atoms with van der Waals surface area (Å²) in [6.07, 6.45) is 2.53. The first-order valence-corrected chi connectivity index (χ1v) is 5.29. The van der Waals surface area contributed by atoms with E-state index in [1.54, 1.807) is 6.20 Å². The largest absolute Gasteiger partial charge is 0.493 e. The Morgan fingerprint density at radius 2 is 2.00 bits per heavy atom. The second-order valence-corrected chi connectivity index (χ2v) is 3.54. The summed E-state index contributed by atoms with van der Waals surface area (Å²) in [4.78, 5) is 4.05. The lowest BCUT2D eigenvalue weighted by atomic mass is 10.1. The molecule has 92 valence electrons. The third-order valence-corrected chi connectivity index (χ3v) is 2.40. The van der Waals surface area contributed by atoms with E-state index in [1.807, 2.05) is 24.3 Å². The second-order valence-electron chi connectivity index (χ2n) is 3.54. The van der Waals surface area contributed by atoms with Crippen LogP contribution in [0.1, 0.15) is 6.42 Å². The minimum Gasteiger partial charge on any atom is -0.493 e. The van der Waals surface area contributed by atoms with Crippen LogP contribution in [0.5, 0.6) is 5.75 Å². The maximum absolute atomic E-state index is 5.79. The van der Waals surface area contributed by atoms with E-state index in [0.29, 0.717) is 19.0 Å². The first kappa shape index (κ1) is 13.5. The van der Waals surface area contributed by atoms with E-state index in [2.05, 4.69) is 4.98 Å². The van der Waals surface area contributed by atoms with Gasteiger partial charge in [-0.05, 0) is 25.1 Å². The van der Waals surface area contributed by atoms with Crippen molar-refractivity contribution in [2.75, 3.05) is 18.9 Å². The van der Waals surface area contributed by atoms with Crippen molar-refractivity contribution in [2.24, 2.45) is 5.73 Å². The van der Waals surface area contributed by atoms with Gasteiger partial charge in [0.15, 0.2) is 0 Å².